The molecular weight excluding hydrogens is 399 g/mol. The Morgan fingerprint density at radius 1 is 1.29 bits per heavy atom. The first kappa shape index (κ1) is 20.7. The fourth-order valence-electron chi connectivity index (χ4n) is 2.69. The SMILES string of the molecule is CCC(=O)N(c1nnc(S[C@@H](C)C(=O)N[C@H](C)c2ccc(F)cc2)s1)C1CC1. The van der Waals surface area contributed by atoms with Crippen LogP contribution in [0.15, 0.2) is 28.6 Å². The molecule has 3 rings (SSSR count). The average Bonchev–Trinajstić information content (AvgIpc) is 3.40. The predicted molar refractivity (Wildman–Crippen MR) is 109 cm³/mol. The Labute approximate surface area is 171 Å². The zero-order chi connectivity index (χ0) is 20.3. The quantitative estimate of drug-likeness (QED) is 0.515. The Balaban J connectivity index is 1.59. The highest BCUT2D eigenvalue weighted by atomic mass is 32.2. The van der Waals surface area contributed by atoms with Crippen molar-refractivity contribution in [1.29, 1.82) is 0 Å². The second-order valence-corrected chi connectivity index (χ2v) is 9.28. The molecule has 1 heterocycles. The van der Waals surface area contributed by atoms with E-state index in [9.17, 15) is 14.0 Å². The number of carbonyl (C=O) groups is 2. The van der Waals surface area contributed by atoms with Gasteiger partial charge in [-0.3, -0.25) is 14.5 Å². The van der Waals surface area contributed by atoms with Crippen LogP contribution >= 0.6 is 23.1 Å². The molecule has 28 heavy (non-hydrogen) atoms. The summed E-state index contributed by atoms with van der Waals surface area (Å²) in [5, 5.41) is 11.5. The van der Waals surface area contributed by atoms with Gasteiger partial charge in [-0.25, -0.2) is 4.39 Å². The predicted octanol–water partition coefficient (Wildman–Crippen LogP) is 3.94. The van der Waals surface area contributed by atoms with Crippen LogP contribution in [0.1, 0.15) is 51.6 Å². The molecule has 1 aromatic heterocycles. The molecule has 150 valence electrons. The average molecular weight is 423 g/mol. The maximum Gasteiger partial charge on any atom is 0.233 e. The number of halogens is 1. The van der Waals surface area contributed by atoms with E-state index >= 15 is 0 Å². The van der Waals surface area contributed by atoms with Gasteiger partial charge in [0.05, 0.1) is 11.3 Å². The van der Waals surface area contributed by atoms with E-state index in [4.69, 9.17) is 0 Å². The number of benzene rings is 1. The monoisotopic (exact) mass is 422 g/mol. The molecule has 2 amide bonds. The maximum atomic E-state index is 13.0. The van der Waals surface area contributed by atoms with Gasteiger partial charge in [-0.15, -0.1) is 10.2 Å². The van der Waals surface area contributed by atoms with E-state index in [1.807, 2.05) is 13.8 Å². The number of rotatable bonds is 8. The van der Waals surface area contributed by atoms with Gasteiger partial charge < -0.3 is 5.32 Å². The summed E-state index contributed by atoms with van der Waals surface area (Å²) < 4.78 is 13.7. The molecular formula is C19H23FN4O2S2. The molecule has 0 radical (unpaired) electrons. The molecule has 1 aliphatic carbocycles. The van der Waals surface area contributed by atoms with Crippen LogP contribution in [0.5, 0.6) is 0 Å². The zero-order valence-corrected chi connectivity index (χ0v) is 17.6. The van der Waals surface area contributed by atoms with Gasteiger partial charge in [0.1, 0.15) is 5.82 Å². The molecule has 6 nitrogen and oxygen atoms in total. The van der Waals surface area contributed by atoms with Crippen molar-refractivity contribution >= 4 is 40.0 Å². The van der Waals surface area contributed by atoms with E-state index < -0.39 is 0 Å². The fourth-order valence-corrected chi connectivity index (χ4v) is 4.77. The molecule has 0 aliphatic heterocycles. The first-order valence-corrected chi connectivity index (χ1v) is 11.0. The van der Waals surface area contributed by atoms with Gasteiger partial charge in [-0.05, 0) is 44.4 Å². The van der Waals surface area contributed by atoms with Crippen molar-refractivity contribution in [3.63, 3.8) is 0 Å². The van der Waals surface area contributed by atoms with E-state index in [0.29, 0.717) is 15.9 Å². The Kier molecular flexibility index (Phi) is 6.66. The highest BCUT2D eigenvalue weighted by Gasteiger charge is 2.35. The normalized spacial score (nSPS) is 15.7. The standard InChI is InChI=1S/C19H23FN4O2S2/c1-4-16(25)24(15-9-10-15)18-22-23-19(28-18)27-12(3)17(26)21-11(2)13-5-7-14(20)8-6-13/h5-8,11-12,15H,4,9-10H2,1-3H3,(H,21,26)/t11-,12+/m1/s1. The van der Waals surface area contributed by atoms with Crippen molar-refractivity contribution in [3.05, 3.63) is 35.6 Å². The summed E-state index contributed by atoms with van der Waals surface area (Å²) in [7, 11) is 0. The molecule has 1 aliphatic rings. The van der Waals surface area contributed by atoms with Gasteiger partial charge in [-0.1, -0.05) is 42.2 Å². The minimum absolute atomic E-state index is 0.0501. The van der Waals surface area contributed by atoms with Crippen molar-refractivity contribution in [3.8, 4) is 0 Å². The summed E-state index contributed by atoms with van der Waals surface area (Å²) >= 11 is 2.66. The third kappa shape index (κ3) is 5.08. The molecule has 0 unspecified atom stereocenters. The lowest BCUT2D eigenvalue weighted by molar-refractivity contribution is -0.121. The highest BCUT2D eigenvalue weighted by molar-refractivity contribution is 8.02. The molecule has 1 saturated carbocycles. The third-order valence-electron chi connectivity index (χ3n) is 4.46. The molecule has 1 aromatic carbocycles. The lowest BCUT2D eigenvalue weighted by Crippen LogP contribution is -2.33. The Bertz CT molecular complexity index is 839. The Hall–Kier alpha value is -2.00. The van der Waals surface area contributed by atoms with E-state index in [1.54, 1.807) is 24.0 Å². The number of aromatic nitrogens is 2. The van der Waals surface area contributed by atoms with Crippen molar-refractivity contribution in [1.82, 2.24) is 15.5 Å². The van der Waals surface area contributed by atoms with Crippen molar-refractivity contribution in [2.24, 2.45) is 0 Å². The van der Waals surface area contributed by atoms with Gasteiger partial charge in [0.2, 0.25) is 16.9 Å². The smallest absolute Gasteiger partial charge is 0.233 e. The molecule has 0 saturated heterocycles. The van der Waals surface area contributed by atoms with Gasteiger partial charge in [0, 0.05) is 12.5 Å². The van der Waals surface area contributed by atoms with Crippen molar-refractivity contribution in [2.75, 3.05) is 4.90 Å². The number of nitrogens with zero attached hydrogens (tertiary/aromatic N) is 3. The fraction of sp³-hybridized carbons (Fsp3) is 0.474. The summed E-state index contributed by atoms with van der Waals surface area (Å²) in [5.41, 5.74) is 0.836. The van der Waals surface area contributed by atoms with E-state index in [2.05, 4.69) is 15.5 Å². The second-order valence-electron chi connectivity index (χ2n) is 6.74. The molecule has 1 fully saturated rings. The largest absolute Gasteiger partial charge is 0.349 e. The Morgan fingerprint density at radius 2 is 1.96 bits per heavy atom. The number of amides is 2. The molecule has 2 aromatic rings. The first-order valence-electron chi connectivity index (χ1n) is 9.27. The number of hydrogen-bond donors (Lipinski definition) is 1. The number of thioether (sulfide) groups is 1. The highest BCUT2D eigenvalue weighted by Crippen LogP contribution is 2.37. The summed E-state index contributed by atoms with van der Waals surface area (Å²) in [4.78, 5) is 26.4. The van der Waals surface area contributed by atoms with Crippen LogP contribution in [-0.2, 0) is 9.59 Å². The molecule has 2 atom stereocenters. The van der Waals surface area contributed by atoms with Crippen molar-refractivity contribution < 1.29 is 14.0 Å². The van der Waals surface area contributed by atoms with Crippen LogP contribution in [0.2, 0.25) is 0 Å². The molecule has 9 heteroatoms. The number of carbonyl (C=O) groups excluding carboxylic acids is 2. The van der Waals surface area contributed by atoms with Crippen molar-refractivity contribution in [2.45, 2.75) is 61.7 Å². The van der Waals surface area contributed by atoms with Crippen LogP contribution in [0, 0.1) is 5.82 Å². The van der Waals surface area contributed by atoms with Gasteiger partial charge in [-0.2, -0.15) is 0 Å². The lowest BCUT2D eigenvalue weighted by Gasteiger charge is -2.17. The molecule has 1 N–H and O–H groups in total. The van der Waals surface area contributed by atoms with E-state index in [1.165, 1.54) is 35.2 Å². The third-order valence-corrected chi connectivity index (χ3v) is 6.57. The van der Waals surface area contributed by atoms with Crippen LogP contribution < -0.4 is 10.2 Å². The van der Waals surface area contributed by atoms with Crippen LogP contribution in [0.25, 0.3) is 0 Å². The lowest BCUT2D eigenvalue weighted by atomic mass is 10.1. The minimum Gasteiger partial charge on any atom is -0.349 e. The maximum absolute atomic E-state index is 13.0. The van der Waals surface area contributed by atoms with Gasteiger partial charge in [0.15, 0.2) is 4.34 Å². The molecule has 0 spiro atoms. The summed E-state index contributed by atoms with van der Waals surface area (Å²) in [5.74, 6) is -0.392. The van der Waals surface area contributed by atoms with Gasteiger partial charge in [0.25, 0.3) is 0 Å². The minimum atomic E-state index is -0.375. The van der Waals surface area contributed by atoms with Crippen LogP contribution in [0.3, 0.4) is 0 Å². The molecule has 0 bridgehead atoms. The van der Waals surface area contributed by atoms with E-state index in [0.717, 1.165) is 18.4 Å². The summed E-state index contributed by atoms with van der Waals surface area (Å²) in [6.07, 6.45) is 2.42. The van der Waals surface area contributed by atoms with Crippen LogP contribution in [-0.4, -0.2) is 33.3 Å². The number of hydrogen-bond acceptors (Lipinski definition) is 6. The summed E-state index contributed by atoms with van der Waals surface area (Å²) in [6.45, 7) is 5.49. The second kappa shape index (κ2) is 9.00. The number of anilines is 1. The van der Waals surface area contributed by atoms with Gasteiger partial charge >= 0.3 is 0 Å². The number of nitrogens with one attached hydrogen (secondary N) is 1. The summed E-state index contributed by atoms with van der Waals surface area (Å²) in [6, 6.07) is 6.08. The Morgan fingerprint density at radius 3 is 2.57 bits per heavy atom. The van der Waals surface area contributed by atoms with Crippen LogP contribution in [0.4, 0.5) is 9.52 Å². The zero-order valence-electron chi connectivity index (χ0n) is 16.0. The first-order chi connectivity index (χ1) is 13.4. The topological polar surface area (TPSA) is 75.2 Å². The van der Waals surface area contributed by atoms with E-state index in [-0.39, 0.29) is 35.0 Å².